The van der Waals surface area contributed by atoms with Crippen molar-refractivity contribution in [2.75, 3.05) is 13.7 Å². The summed E-state index contributed by atoms with van der Waals surface area (Å²) >= 11 is 0.438. The SMILES string of the molecule is CCCC(O)/C(=C/COC)[Se]CC. The van der Waals surface area contributed by atoms with Gasteiger partial charge >= 0.3 is 87.2 Å². The van der Waals surface area contributed by atoms with Crippen LogP contribution in [0.4, 0.5) is 0 Å². The number of hydrogen-bond acceptors (Lipinski definition) is 2. The molecule has 0 radical (unpaired) electrons. The number of hydrogen-bond donors (Lipinski definition) is 1. The van der Waals surface area contributed by atoms with E-state index in [2.05, 4.69) is 13.8 Å². The summed E-state index contributed by atoms with van der Waals surface area (Å²) in [5, 5.41) is 10.9. The van der Waals surface area contributed by atoms with Crippen molar-refractivity contribution in [3.63, 3.8) is 0 Å². The predicted octanol–water partition coefficient (Wildman–Crippen LogP) is 1.82. The molecule has 0 aliphatic carbocycles. The molecule has 1 atom stereocenters. The minimum absolute atomic E-state index is 0.236. The zero-order valence-corrected chi connectivity index (χ0v) is 10.5. The molecule has 13 heavy (non-hydrogen) atoms. The first-order valence-corrected chi connectivity index (χ1v) is 6.82. The average Bonchev–Trinajstić information content (AvgIpc) is 2.12. The second-order valence-corrected chi connectivity index (χ2v) is 5.61. The zero-order chi connectivity index (χ0) is 10.1. The molecule has 0 heterocycles. The first-order chi connectivity index (χ1) is 6.26. The van der Waals surface area contributed by atoms with Crippen LogP contribution >= 0.6 is 0 Å². The number of aliphatic hydroxyl groups excluding tert-OH is 1. The topological polar surface area (TPSA) is 29.5 Å². The van der Waals surface area contributed by atoms with E-state index in [1.807, 2.05) is 6.08 Å². The molecule has 78 valence electrons. The van der Waals surface area contributed by atoms with E-state index in [1.165, 1.54) is 4.47 Å². The van der Waals surface area contributed by atoms with Crippen LogP contribution in [0.2, 0.25) is 5.32 Å². The van der Waals surface area contributed by atoms with E-state index in [4.69, 9.17) is 4.74 Å². The molecule has 0 aromatic rings. The predicted molar refractivity (Wildman–Crippen MR) is 57.1 cm³/mol. The molecule has 1 unspecified atom stereocenters. The summed E-state index contributed by atoms with van der Waals surface area (Å²) in [6.45, 7) is 4.87. The Morgan fingerprint density at radius 1 is 1.54 bits per heavy atom. The van der Waals surface area contributed by atoms with Gasteiger partial charge in [0.2, 0.25) is 0 Å². The van der Waals surface area contributed by atoms with E-state index in [9.17, 15) is 5.11 Å². The molecule has 0 fully saturated rings. The van der Waals surface area contributed by atoms with E-state index in [0.29, 0.717) is 21.6 Å². The molecule has 0 aliphatic rings. The van der Waals surface area contributed by atoms with E-state index in [0.717, 1.165) is 18.2 Å². The average molecular weight is 251 g/mol. The summed E-state index contributed by atoms with van der Waals surface area (Å²) in [6.07, 6.45) is 3.70. The first kappa shape index (κ1) is 13.2. The number of rotatable bonds is 7. The van der Waals surface area contributed by atoms with Crippen LogP contribution in [-0.4, -0.2) is 39.9 Å². The van der Waals surface area contributed by atoms with E-state index in [1.54, 1.807) is 7.11 Å². The Morgan fingerprint density at radius 3 is 2.69 bits per heavy atom. The van der Waals surface area contributed by atoms with Crippen molar-refractivity contribution in [3.05, 3.63) is 10.5 Å². The van der Waals surface area contributed by atoms with Gasteiger partial charge in [-0.25, -0.2) is 0 Å². The van der Waals surface area contributed by atoms with Gasteiger partial charge in [0.25, 0.3) is 0 Å². The maximum absolute atomic E-state index is 9.76. The molecule has 0 rings (SSSR count). The molecule has 0 aliphatic heterocycles. The van der Waals surface area contributed by atoms with Crippen LogP contribution in [0.25, 0.3) is 0 Å². The van der Waals surface area contributed by atoms with Crippen LogP contribution in [0.5, 0.6) is 0 Å². The van der Waals surface area contributed by atoms with Crippen LogP contribution in [0.3, 0.4) is 0 Å². The standard InChI is InChI=1S/C10H20O2Se/c1-4-6-9(11)10(13-5-2)7-8-12-3/h7,9,11H,4-6,8H2,1-3H3/b10-7-. The van der Waals surface area contributed by atoms with Gasteiger partial charge in [-0.1, -0.05) is 0 Å². The summed E-state index contributed by atoms with van der Waals surface area (Å²) < 4.78 is 6.16. The van der Waals surface area contributed by atoms with Crippen molar-refractivity contribution in [1.82, 2.24) is 0 Å². The van der Waals surface area contributed by atoms with E-state index in [-0.39, 0.29) is 6.10 Å². The van der Waals surface area contributed by atoms with Crippen LogP contribution < -0.4 is 0 Å². The Labute approximate surface area is 87.5 Å². The molecular weight excluding hydrogens is 231 g/mol. The van der Waals surface area contributed by atoms with Crippen molar-refractivity contribution in [2.45, 2.75) is 38.1 Å². The van der Waals surface area contributed by atoms with Crippen molar-refractivity contribution in [3.8, 4) is 0 Å². The maximum atomic E-state index is 9.76. The Kier molecular flexibility index (Phi) is 8.88. The second kappa shape index (κ2) is 8.76. The zero-order valence-electron chi connectivity index (χ0n) is 8.75. The molecule has 3 heteroatoms. The Hall–Kier alpha value is 0.179. The fourth-order valence-corrected chi connectivity index (χ4v) is 2.78. The van der Waals surface area contributed by atoms with Crippen molar-refractivity contribution in [2.24, 2.45) is 0 Å². The fraction of sp³-hybridized carbons (Fsp3) is 0.800. The van der Waals surface area contributed by atoms with Crippen LogP contribution in [0, 0.1) is 0 Å². The monoisotopic (exact) mass is 252 g/mol. The molecular formula is C10H20O2Se. The van der Waals surface area contributed by atoms with Gasteiger partial charge in [0.1, 0.15) is 0 Å². The van der Waals surface area contributed by atoms with Gasteiger partial charge < -0.3 is 0 Å². The van der Waals surface area contributed by atoms with E-state index >= 15 is 0 Å². The second-order valence-electron chi connectivity index (χ2n) is 2.80. The van der Waals surface area contributed by atoms with Gasteiger partial charge in [-0.3, -0.25) is 0 Å². The molecule has 0 aromatic heterocycles. The first-order valence-electron chi connectivity index (χ1n) is 4.76. The molecule has 0 bridgehead atoms. The summed E-state index contributed by atoms with van der Waals surface area (Å²) in [5.41, 5.74) is 0. The third-order valence-electron chi connectivity index (χ3n) is 1.65. The summed E-state index contributed by atoms with van der Waals surface area (Å²) in [7, 11) is 1.68. The van der Waals surface area contributed by atoms with Crippen LogP contribution in [0.15, 0.2) is 10.5 Å². The Balaban J connectivity index is 4.05. The third kappa shape index (κ3) is 6.28. The Morgan fingerprint density at radius 2 is 2.23 bits per heavy atom. The van der Waals surface area contributed by atoms with Crippen LogP contribution in [-0.2, 0) is 4.74 Å². The van der Waals surface area contributed by atoms with Gasteiger partial charge in [0.05, 0.1) is 0 Å². The molecule has 0 saturated heterocycles. The van der Waals surface area contributed by atoms with Crippen molar-refractivity contribution >= 4 is 15.0 Å². The van der Waals surface area contributed by atoms with Crippen LogP contribution in [0.1, 0.15) is 26.7 Å². The van der Waals surface area contributed by atoms with Gasteiger partial charge in [-0.05, 0) is 0 Å². The van der Waals surface area contributed by atoms with Crippen molar-refractivity contribution in [1.29, 1.82) is 0 Å². The molecule has 0 amide bonds. The molecule has 0 spiro atoms. The summed E-state index contributed by atoms with van der Waals surface area (Å²) in [4.78, 5) is 0. The summed E-state index contributed by atoms with van der Waals surface area (Å²) in [5.74, 6) is 0. The van der Waals surface area contributed by atoms with E-state index < -0.39 is 0 Å². The molecule has 0 saturated carbocycles. The van der Waals surface area contributed by atoms with Crippen molar-refractivity contribution < 1.29 is 9.84 Å². The number of aliphatic hydroxyl groups is 1. The number of methoxy groups -OCH3 is 1. The normalized spacial score (nSPS) is 14.6. The molecule has 0 aromatic carbocycles. The number of ether oxygens (including phenoxy) is 1. The molecule has 2 nitrogen and oxygen atoms in total. The fourth-order valence-electron chi connectivity index (χ4n) is 1.04. The van der Waals surface area contributed by atoms with Gasteiger partial charge in [0, 0.05) is 0 Å². The molecule has 1 N–H and O–H groups in total. The van der Waals surface area contributed by atoms with Gasteiger partial charge in [-0.2, -0.15) is 0 Å². The minimum atomic E-state index is -0.236. The van der Waals surface area contributed by atoms with Gasteiger partial charge in [0.15, 0.2) is 0 Å². The quantitative estimate of drug-likeness (QED) is 0.699. The van der Waals surface area contributed by atoms with Gasteiger partial charge in [-0.15, -0.1) is 0 Å². The summed E-state index contributed by atoms with van der Waals surface area (Å²) in [6, 6.07) is 0. The Bertz CT molecular complexity index is 146. The third-order valence-corrected chi connectivity index (χ3v) is 3.88.